The van der Waals surface area contributed by atoms with E-state index in [0.717, 1.165) is 5.69 Å². The zero-order valence-electron chi connectivity index (χ0n) is 13.4. The molecule has 0 radical (unpaired) electrons. The van der Waals surface area contributed by atoms with Gasteiger partial charge in [0.2, 0.25) is 11.8 Å². The topological polar surface area (TPSA) is 86.1 Å². The van der Waals surface area contributed by atoms with E-state index in [1.54, 1.807) is 35.4 Å². The second-order valence-electron chi connectivity index (χ2n) is 5.25. The van der Waals surface area contributed by atoms with Gasteiger partial charge in [-0.05, 0) is 30.3 Å². The quantitative estimate of drug-likeness (QED) is 0.884. The van der Waals surface area contributed by atoms with Crippen LogP contribution < -0.4 is 5.32 Å². The Labute approximate surface area is 140 Å². The summed E-state index contributed by atoms with van der Waals surface area (Å²) in [4.78, 5) is 29.5. The summed E-state index contributed by atoms with van der Waals surface area (Å²) in [5.41, 5.74) is 1.82. The van der Waals surface area contributed by atoms with E-state index in [2.05, 4.69) is 10.3 Å². The van der Waals surface area contributed by atoms with Gasteiger partial charge in [-0.15, -0.1) is 0 Å². The van der Waals surface area contributed by atoms with E-state index in [0.29, 0.717) is 24.3 Å². The number of carbonyl (C=O) groups is 2. The molecule has 0 unspecified atom stereocenters. The van der Waals surface area contributed by atoms with Crippen LogP contribution in [0, 0.1) is 11.3 Å². The molecule has 2 aromatic rings. The van der Waals surface area contributed by atoms with Crippen LogP contribution in [0.5, 0.6) is 0 Å². The smallest absolute Gasteiger partial charge is 0.226 e. The summed E-state index contributed by atoms with van der Waals surface area (Å²) in [6, 6.07) is 14.2. The van der Waals surface area contributed by atoms with E-state index >= 15 is 0 Å². The largest absolute Gasteiger partial charge is 0.337 e. The van der Waals surface area contributed by atoms with Gasteiger partial charge in [-0.2, -0.15) is 5.26 Å². The number of nitrogens with one attached hydrogen (secondary N) is 1. The molecule has 122 valence electrons. The second kappa shape index (κ2) is 8.44. The van der Waals surface area contributed by atoms with Crippen molar-refractivity contribution in [2.45, 2.75) is 19.9 Å². The Balaban J connectivity index is 1.90. The molecule has 1 N–H and O–H groups in total. The highest BCUT2D eigenvalue weighted by Gasteiger charge is 2.12. The van der Waals surface area contributed by atoms with E-state index in [4.69, 9.17) is 5.26 Å². The minimum Gasteiger partial charge on any atom is -0.337 e. The number of pyridine rings is 1. The van der Waals surface area contributed by atoms with E-state index in [9.17, 15) is 9.59 Å². The third-order valence-electron chi connectivity index (χ3n) is 3.41. The molecule has 0 aliphatic carbocycles. The fourth-order valence-electron chi connectivity index (χ4n) is 2.16. The molecule has 1 aromatic carbocycles. The molecule has 0 saturated carbocycles. The SMILES string of the molecule is CC(=O)N(CCC(=O)Nc1cccc(C#N)c1)Cc1ccccn1. The molecule has 24 heavy (non-hydrogen) atoms. The molecule has 0 aliphatic heterocycles. The average Bonchev–Trinajstić information content (AvgIpc) is 2.59. The minimum atomic E-state index is -0.211. The van der Waals surface area contributed by atoms with Gasteiger partial charge in [0.15, 0.2) is 0 Å². The second-order valence-corrected chi connectivity index (χ2v) is 5.25. The minimum absolute atomic E-state index is 0.111. The van der Waals surface area contributed by atoms with Crippen molar-refractivity contribution in [2.75, 3.05) is 11.9 Å². The third kappa shape index (κ3) is 5.21. The van der Waals surface area contributed by atoms with Gasteiger partial charge in [-0.1, -0.05) is 12.1 Å². The predicted octanol–water partition coefficient (Wildman–Crippen LogP) is 2.33. The summed E-state index contributed by atoms with van der Waals surface area (Å²) >= 11 is 0. The Bertz CT molecular complexity index is 753. The van der Waals surface area contributed by atoms with Gasteiger partial charge in [0.1, 0.15) is 0 Å². The maximum atomic E-state index is 12.0. The van der Waals surface area contributed by atoms with Crippen molar-refractivity contribution in [3.8, 4) is 6.07 Å². The highest BCUT2D eigenvalue weighted by Crippen LogP contribution is 2.10. The Morgan fingerprint density at radius 2 is 2.08 bits per heavy atom. The van der Waals surface area contributed by atoms with Gasteiger partial charge in [0.05, 0.1) is 23.9 Å². The summed E-state index contributed by atoms with van der Waals surface area (Å²) in [6.07, 6.45) is 1.84. The summed E-state index contributed by atoms with van der Waals surface area (Å²) in [6.45, 7) is 2.14. The number of nitriles is 1. The fraction of sp³-hybridized carbons (Fsp3) is 0.222. The van der Waals surface area contributed by atoms with E-state index in [1.165, 1.54) is 6.92 Å². The number of amides is 2. The first kappa shape index (κ1) is 17.2. The molecule has 2 amide bonds. The van der Waals surface area contributed by atoms with Crippen LogP contribution in [-0.2, 0) is 16.1 Å². The normalized spacial score (nSPS) is 9.83. The molecule has 1 aromatic heterocycles. The van der Waals surface area contributed by atoms with Crippen LogP contribution in [0.15, 0.2) is 48.7 Å². The van der Waals surface area contributed by atoms with Crippen LogP contribution in [0.3, 0.4) is 0 Å². The number of anilines is 1. The number of carbonyl (C=O) groups excluding carboxylic acids is 2. The molecule has 0 fully saturated rings. The first-order valence-corrected chi connectivity index (χ1v) is 7.54. The lowest BCUT2D eigenvalue weighted by atomic mass is 10.2. The molecular weight excluding hydrogens is 304 g/mol. The Kier molecular flexibility index (Phi) is 6.03. The van der Waals surface area contributed by atoms with Crippen LogP contribution in [0.1, 0.15) is 24.6 Å². The van der Waals surface area contributed by atoms with Crippen molar-refractivity contribution in [3.05, 3.63) is 59.9 Å². The van der Waals surface area contributed by atoms with Crippen molar-refractivity contribution < 1.29 is 9.59 Å². The number of hydrogen-bond acceptors (Lipinski definition) is 4. The zero-order chi connectivity index (χ0) is 17.4. The monoisotopic (exact) mass is 322 g/mol. The van der Waals surface area contributed by atoms with Crippen LogP contribution in [0.4, 0.5) is 5.69 Å². The molecule has 0 bridgehead atoms. The van der Waals surface area contributed by atoms with Crippen LogP contribution in [0.2, 0.25) is 0 Å². The number of hydrogen-bond donors (Lipinski definition) is 1. The van der Waals surface area contributed by atoms with Crippen molar-refractivity contribution in [2.24, 2.45) is 0 Å². The summed E-state index contributed by atoms with van der Waals surface area (Å²) in [5.74, 6) is -0.322. The predicted molar refractivity (Wildman–Crippen MR) is 89.7 cm³/mol. The molecule has 6 heteroatoms. The van der Waals surface area contributed by atoms with Gasteiger partial charge in [-0.25, -0.2) is 0 Å². The van der Waals surface area contributed by atoms with Crippen molar-refractivity contribution in [1.29, 1.82) is 5.26 Å². The Hall–Kier alpha value is -3.20. The number of nitrogens with zero attached hydrogens (tertiary/aromatic N) is 3. The van der Waals surface area contributed by atoms with Crippen molar-refractivity contribution in [3.63, 3.8) is 0 Å². The van der Waals surface area contributed by atoms with Crippen LogP contribution >= 0.6 is 0 Å². The van der Waals surface area contributed by atoms with Gasteiger partial charge in [0, 0.05) is 31.8 Å². The van der Waals surface area contributed by atoms with Gasteiger partial charge in [-0.3, -0.25) is 14.6 Å². The highest BCUT2D eigenvalue weighted by molar-refractivity contribution is 5.91. The number of benzene rings is 1. The Morgan fingerprint density at radius 1 is 1.25 bits per heavy atom. The standard InChI is InChI=1S/C18H18N4O2/c1-14(23)22(13-17-6-2-3-9-20-17)10-8-18(24)21-16-7-4-5-15(11-16)12-19/h2-7,9,11H,8,10,13H2,1H3,(H,21,24). The number of aromatic nitrogens is 1. The molecule has 1 heterocycles. The summed E-state index contributed by atoms with van der Waals surface area (Å²) < 4.78 is 0. The summed E-state index contributed by atoms with van der Waals surface area (Å²) in [5, 5.41) is 11.6. The zero-order valence-corrected chi connectivity index (χ0v) is 13.4. The van der Waals surface area contributed by atoms with E-state index < -0.39 is 0 Å². The lowest BCUT2D eigenvalue weighted by Crippen LogP contribution is -2.31. The van der Waals surface area contributed by atoms with Crippen LogP contribution in [-0.4, -0.2) is 28.2 Å². The van der Waals surface area contributed by atoms with Crippen LogP contribution in [0.25, 0.3) is 0 Å². The molecule has 0 saturated heterocycles. The third-order valence-corrected chi connectivity index (χ3v) is 3.41. The van der Waals surface area contributed by atoms with Gasteiger partial charge >= 0.3 is 0 Å². The fourth-order valence-corrected chi connectivity index (χ4v) is 2.16. The first-order valence-electron chi connectivity index (χ1n) is 7.54. The first-order chi connectivity index (χ1) is 11.6. The average molecular weight is 322 g/mol. The van der Waals surface area contributed by atoms with Gasteiger partial charge in [0.25, 0.3) is 0 Å². The lowest BCUT2D eigenvalue weighted by Gasteiger charge is -2.20. The molecule has 0 atom stereocenters. The van der Waals surface area contributed by atoms with Crippen molar-refractivity contribution in [1.82, 2.24) is 9.88 Å². The van der Waals surface area contributed by atoms with Gasteiger partial charge < -0.3 is 10.2 Å². The molecule has 0 spiro atoms. The summed E-state index contributed by atoms with van der Waals surface area (Å²) in [7, 11) is 0. The molecule has 0 aliphatic rings. The lowest BCUT2D eigenvalue weighted by molar-refractivity contribution is -0.130. The van der Waals surface area contributed by atoms with Crippen molar-refractivity contribution >= 4 is 17.5 Å². The molecule has 2 rings (SSSR count). The maximum Gasteiger partial charge on any atom is 0.226 e. The Morgan fingerprint density at radius 3 is 2.75 bits per heavy atom. The molecule has 6 nitrogen and oxygen atoms in total. The number of rotatable bonds is 6. The molecular formula is C18H18N4O2. The maximum absolute atomic E-state index is 12.0. The van der Waals surface area contributed by atoms with E-state index in [-0.39, 0.29) is 18.2 Å². The van der Waals surface area contributed by atoms with E-state index in [1.807, 2.05) is 24.3 Å². The highest BCUT2D eigenvalue weighted by atomic mass is 16.2.